The molecule has 19 heavy (non-hydrogen) atoms. The van der Waals surface area contributed by atoms with Crippen LogP contribution < -0.4 is 10.9 Å². The molecule has 0 aliphatic heterocycles. The Morgan fingerprint density at radius 3 is 2.63 bits per heavy atom. The van der Waals surface area contributed by atoms with Crippen LogP contribution in [-0.2, 0) is 6.54 Å². The molecule has 0 amide bonds. The van der Waals surface area contributed by atoms with E-state index in [1.165, 1.54) is 4.68 Å². The molecule has 1 aromatic rings. The normalized spacial score (nSPS) is 12.7. The van der Waals surface area contributed by atoms with E-state index in [9.17, 15) is 4.79 Å². The molecule has 0 saturated carbocycles. The Labute approximate surface area is 123 Å². The summed E-state index contributed by atoms with van der Waals surface area (Å²) >= 11 is 3.39. The van der Waals surface area contributed by atoms with Crippen molar-refractivity contribution in [3.63, 3.8) is 0 Å². The van der Waals surface area contributed by atoms with Crippen LogP contribution in [0, 0.1) is 5.92 Å². The van der Waals surface area contributed by atoms with Gasteiger partial charge >= 0.3 is 0 Å². The quantitative estimate of drug-likeness (QED) is 0.830. The van der Waals surface area contributed by atoms with Crippen LogP contribution in [0.5, 0.6) is 0 Å². The van der Waals surface area contributed by atoms with E-state index in [-0.39, 0.29) is 5.56 Å². The van der Waals surface area contributed by atoms with Crippen molar-refractivity contribution >= 4 is 21.6 Å². The van der Waals surface area contributed by atoms with Gasteiger partial charge in [0.15, 0.2) is 0 Å². The van der Waals surface area contributed by atoms with Gasteiger partial charge in [-0.1, -0.05) is 34.1 Å². The van der Waals surface area contributed by atoms with E-state index in [1.54, 1.807) is 6.20 Å². The molecule has 4 nitrogen and oxygen atoms in total. The Bertz CT molecular complexity index is 456. The van der Waals surface area contributed by atoms with Gasteiger partial charge < -0.3 is 5.32 Å². The topological polar surface area (TPSA) is 46.9 Å². The molecule has 0 saturated heterocycles. The van der Waals surface area contributed by atoms with E-state index >= 15 is 0 Å². The van der Waals surface area contributed by atoms with E-state index in [1.807, 2.05) is 0 Å². The first-order valence-corrected chi connectivity index (χ1v) is 7.82. The summed E-state index contributed by atoms with van der Waals surface area (Å²) in [4.78, 5) is 12.1. The van der Waals surface area contributed by atoms with Gasteiger partial charge in [-0.3, -0.25) is 4.79 Å². The molecule has 0 aliphatic carbocycles. The summed E-state index contributed by atoms with van der Waals surface area (Å²) in [6, 6.07) is 0.351. The molecule has 0 fully saturated rings. The average Bonchev–Trinajstić information content (AvgIpc) is 2.39. The highest BCUT2D eigenvalue weighted by Crippen LogP contribution is 2.20. The molecule has 0 aromatic carbocycles. The lowest BCUT2D eigenvalue weighted by Gasteiger charge is -2.22. The highest BCUT2D eigenvalue weighted by atomic mass is 79.9. The van der Waals surface area contributed by atoms with E-state index in [0.717, 1.165) is 24.9 Å². The minimum Gasteiger partial charge on any atom is -0.380 e. The number of hydrogen-bond donors (Lipinski definition) is 1. The molecule has 0 spiro atoms. The molecular weight excluding hydrogens is 306 g/mol. The second-order valence-electron chi connectivity index (χ2n) is 5.16. The van der Waals surface area contributed by atoms with Crippen molar-refractivity contribution in [3.8, 4) is 0 Å². The summed E-state index contributed by atoms with van der Waals surface area (Å²) in [5, 5.41) is 7.63. The number of aryl methyl sites for hydroxylation is 1. The molecule has 0 bridgehead atoms. The molecule has 1 heterocycles. The zero-order chi connectivity index (χ0) is 14.4. The first-order chi connectivity index (χ1) is 9.01. The van der Waals surface area contributed by atoms with Crippen molar-refractivity contribution in [1.29, 1.82) is 0 Å². The van der Waals surface area contributed by atoms with Gasteiger partial charge in [-0.25, -0.2) is 4.68 Å². The number of rotatable bonds is 7. The van der Waals surface area contributed by atoms with Gasteiger partial charge in [-0.2, -0.15) is 5.10 Å². The van der Waals surface area contributed by atoms with Crippen LogP contribution in [0.1, 0.15) is 47.0 Å². The number of nitrogens with one attached hydrogen (secondary N) is 1. The van der Waals surface area contributed by atoms with Crippen LogP contribution in [0.3, 0.4) is 0 Å². The van der Waals surface area contributed by atoms with Crippen molar-refractivity contribution in [3.05, 3.63) is 21.0 Å². The molecule has 1 aromatic heterocycles. The number of hydrogen-bond acceptors (Lipinski definition) is 3. The van der Waals surface area contributed by atoms with Gasteiger partial charge in [0.2, 0.25) is 0 Å². The summed E-state index contributed by atoms with van der Waals surface area (Å²) < 4.78 is 2.10. The van der Waals surface area contributed by atoms with E-state index in [4.69, 9.17) is 0 Å². The Hall–Kier alpha value is -0.840. The summed E-state index contributed by atoms with van der Waals surface area (Å²) in [6.07, 6.45) is 4.78. The number of anilines is 1. The lowest BCUT2D eigenvalue weighted by molar-refractivity contribution is 0.507. The molecule has 1 rings (SSSR count). The number of aromatic nitrogens is 2. The maximum absolute atomic E-state index is 12.1. The zero-order valence-electron chi connectivity index (χ0n) is 12.2. The van der Waals surface area contributed by atoms with Gasteiger partial charge in [0.25, 0.3) is 5.56 Å². The first-order valence-electron chi connectivity index (χ1n) is 7.03. The Kier molecular flexibility index (Phi) is 6.55. The lowest BCUT2D eigenvalue weighted by Crippen LogP contribution is -2.29. The standard InChI is InChI=1S/C14H24BrN3O/c1-5-7-8-18-14(19)13(15)12(9-16-18)17-11(6-2)10(3)4/h9-11,17H,5-8H2,1-4H3. The summed E-state index contributed by atoms with van der Waals surface area (Å²) in [7, 11) is 0. The van der Waals surface area contributed by atoms with Gasteiger partial charge in [-0.15, -0.1) is 0 Å². The van der Waals surface area contributed by atoms with Gasteiger partial charge in [0, 0.05) is 12.6 Å². The second kappa shape index (κ2) is 7.68. The zero-order valence-corrected chi connectivity index (χ0v) is 13.8. The van der Waals surface area contributed by atoms with E-state index in [0.29, 0.717) is 23.0 Å². The third kappa shape index (κ3) is 4.34. The molecule has 108 valence electrons. The predicted octanol–water partition coefficient (Wildman–Crippen LogP) is 3.65. The van der Waals surface area contributed by atoms with Crippen molar-refractivity contribution in [2.24, 2.45) is 5.92 Å². The number of nitrogens with zero attached hydrogens (tertiary/aromatic N) is 2. The Morgan fingerprint density at radius 2 is 2.11 bits per heavy atom. The molecule has 1 atom stereocenters. The van der Waals surface area contributed by atoms with Crippen LogP contribution in [0.4, 0.5) is 5.69 Å². The third-order valence-corrected chi connectivity index (χ3v) is 4.06. The van der Waals surface area contributed by atoms with Gasteiger partial charge in [0.05, 0.1) is 11.9 Å². The van der Waals surface area contributed by atoms with Gasteiger partial charge in [0.1, 0.15) is 4.47 Å². The van der Waals surface area contributed by atoms with Crippen LogP contribution in [0.2, 0.25) is 0 Å². The fraction of sp³-hybridized carbons (Fsp3) is 0.714. The van der Waals surface area contributed by atoms with Crippen LogP contribution in [0.25, 0.3) is 0 Å². The smallest absolute Gasteiger partial charge is 0.283 e. The summed E-state index contributed by atoms with van der Waals surface area (Å²) in [6.45, 7) is 9.26. The Balaban J connectivity index is 2.93. The molecule has 0 radical (unpaired) electrons. The lowest BCUT2D eigenvalue weighted by atomic mass is 10.0. The number of unbranched alkanes of at least 4 members (excludes halogenated alkanes) is 1. The van der Waals surface area contributed by atoms with Crippen molar-refractivity contribution in [2.45, 2.75) is 59.5 Å². The summed E-state index contributed by atoms with van der Waals surface area (Å²) in [5.74, 6) is 0.513. The fourth-order valence-corrected chi connectivity index (χ4v) is 2.39. The Morgan fingerprint density at radius 1 is 1.42 bits per heavy atom. The van der Waals surface area contributed by atoms with Crippen molar-refractivity contribution in [2.75, 3.05) is 5.32 Å². The van der Waals surface area contributed by atoms with Crippen LogP contribution >= 0.6 is 15.9 Å². The number of halogens is 1. The maximum atomic E-state index is 12.1. The fourth-order valence-electron chi connectivity index (χ4n) is 1.97. The minimum atomic E-state index is -0.0583. The third-order valence-electron chi connectivity index (χ3n) is 3.29. The largest absolute Gasteiger partial charge is 0.380 e. The average molecular weight is 330 g/mol. The monoisotopic (exact) mass is 329 g/mol. The highest BCUT2D eigenvalue weighted by molar-refractivity contribution is 9.10. The molecule has 0 aliphatic rings. The van der Waals surface area contributed by atoms with Crippen molar-refractivity contribution < 1.29 is 0 Å². The molecule has 5 heteroatoms. The van der Waals surface area contributed by atoms with Gasteiger partial charge in [-0.05, 0) is 34.7 Å². The van der Waals surface area contributed by atoms with Crippen molar-refractivity contribution in [1.82, 2.24) is 9.78 Å². The molecule has 1 N–H and O–H groups in total. The predicted molar refractivity (Wildman–Crippen MR) is 83.6 cm³/mol. The first kappa shape index (κ1) is 16.2. The van der Waals surface area contributed by atoms with E-state index in [2.05, 4.69) is 54.0 Å². The molecular formula is C14H24BrN3O. The van der Waals surface area contributed by atoms with E-state index < -0.39 is 0 Å². The summed E-state index contributed by atoms with van der Waals surface area (Å²) in [5.41, 5.74) is 0.732. The minimum absolute atomic E-state index is 0.0583. The molecule has 1 unspecified atom stereocenters. The SMILES string of the molecule is CCCCn1ncc(NC(CC)C(C)C)c(Br)c1=O. The van der Waals surface area contributed by atoms with Crippen LogP contribution in [0.15, 0.2) is 15.5 Å². The second-order valence-corrected chi connectivity index (χ2v) is 5.95. The van der Waals surface area contributed by atoms with Crippen LogP contribution in [-0.4, -0.2) is 15.8 Å². The maximum Gasteiger partial charge on any atom is 0.283 e. The highest BCUT2D eigenvalue weighted by Gasteiger charge is 2.14.